The molecule has 20 heavy (non-hydrogen) atoms. The van der Waals surface area contributed by atoms with Gasteiger partial charge in [0.15, 0.2) is 0 Å². The van der Waals surface area contributed by atoms with E-state index in [1.54, 1.807) is 6.07 Å². The Bertz CT molecular complexity index is 487. The topological polar surface area (TPSA) is 33.2 Å². The standard InChI is InChI=1S/C16H21FN2O/c17-14-12-13(4-9-18-14)15(20)19-10-7-16(8-11-19)5-2-1-3-6-16/h4,9,12H,1-3,5-8,10-11H2. The molecule has 1 saturated heterocycles. The van der Waals surface area contributed by atoms with Gasteiger partial charge < -0.3 is 4.90 Å². The molecule has 0 N–H and O–H groups in total. The molecule has 0 radical (unpaired) electrons. The maximum Gasteiger partial charge on any atom is 0.254 e. The Morgan fingerprint density at radius 1 is 1.15 bits per heavy atom. The van der Waals surface area contributed by atoms with Gasteiger partial charge in [-0.05, 0) is 37.2 Å². The van der Waals surface area contributed by atoms with Gasteiger partial charge in [-0.25, -0.2) is 4.98 Å². The van der Waals surface area contributed by atoms with E-state index in [2.05, 4.69) is 4.98 Å². The second-order valence-electron chi connectivity index (χ2n) is 6.22. The number of hydrogen-bond acceptors (Lipinski definition) is 2. The highest BCUT2D eigenvalue weighted by Crippen LogP contribution is 2.44. The van der Waals surface area contributed by atoms with Gasteiger partial charge in [-0.2, -0.15) is 4.39 Å². The Hall–Kier alpha value is -1.45. The Kier molecular flexibility index (Phi) is 3.72. The van der Waals surface area contributed by atoms with Crippen LogP contribution in [0.1, 0.15) is 55.3 Å². The van der Waals surface area contributed by atoms with Crippen molar-refractivity contribution in [1.82, 2.24) is 9.88 Å². The minimum atomic E-state index is -0.586. The minimum Gasteiger partial charge on any atom is -0.339 e. The summed E-state index contributed by atoms with van der Waals surface area (Å²) in [6, 6.07) is 2.82. The Morgan fingerprint density at radius 2 is 1.85 bits per heavy atom. The zero-order chi connectivity index (χ0) is 14.0. The summed E-state index contributed by atoms with van der Waals surface area (Å²) in [6.45, 7) is 1.62. The average Bonchev–Trinajstić information content (AvgIpc) is 2.48. The molecular weight excluding hydrogens is 255 g/mol. The monoisotopic (exact) mass is 276 g/mol. The van der Waals surface area contributed by atoms with Crippen molar-refractivity contribution in [3.63, 3.8) is 0 Å². The van der Waals surface area contributed by atoms with Gasteiger partial charge in [-0.15, -0.1) is 0 Å². The summed E-state index contributed by atoms with van der Waals surface area (Å²) in [7, 11) is 0. The highest BCUT2D eigenvalue weighted by molar-refractivity contribution is 5.94. The first kappa shape index (κ1) is 13.5. The normalized spacial score (nSPS) is 21.9. The van der Waals surface area contributed by atoms with Gasteiger partial charge in [-0.3, -0.25) is 4.79 Å². The number of rotatable bonds is 1. The predicted octanol–water partition coefficient (Wildman–Crippen LogP) is 3.41. The molecular formula is C16H21FN2O. The highest BCUT2D eigenvalue weighted by atomic mass is 19.1. The summed E-state index contributed by atoms with van der Waals surface area (Å²) < 4.78 is 13.1. The molecule has 0 unspecified atom stereocenters. The third kappa shape index (κ3) is 2.69. The van der Waals surface area contributed by atoms with E-state index in [-0.39, 0.29) is 5.91 Å². The van der Waals surface area contributed by atoms with E-state index in [0.717, 1.165) is 25.9 Å². The number of nitrogens with zero attached hydrogens (tertiary/aromatic N) is 2. The number of aromatic nitrogens is 1. The molecule has 2 heterocycles. The van der Waals surface area contributed by atoms with Crippen LogP contribution in [0.3, 0.4) is 0 Å². The molecule has 0 atom stereocenters. The molecule has 3 rings (SSSR count). The van der Waals surface area contributed by atoms with Crippen LogP contribution >= 0.6 is 0 Å². The molecule has 2 fully saturated rings. The Labute approximate surface area is 119 Å². The fourth-order valence-electron chi connectivity index (χ4n) is 3.70. The quantitative estimate of drug-likeness (QED) is 0.736. The lowest BCUT2D eigenvalue weighted by Gasteiger charge is -2.44. The third-order valence-electron chi connectivity index (χ3n) is 5.00. The molecule has 108 valence electrons. The summed E-state index contributed by atoms with van der Waals surface area (Å²) in [5.41, 5.74) is 0.899. The number of likely N-dealkylation sites (tertiary alicyclic amines) is 1. The Balaban J connectivity index is 1.64. The van der Waals surface area contributed by atoms with E-state index < -0.39 is 5.95 Å². The van der Waals surface area contributed by atoms with Crippen molar-refractivity contribution in [2.45, 2.75) is 44.9 Å². The van der Waals surface area contributed by atoms with Gasteiger partial charge in [0.1, 0.15) is 0 Å². The second-order valence-corrected chi connectivity index (χ2v) is 6.22. The number of pyridine rings is 1. The summed E-state index contributed by atoms with van der Waals surface area (Å²) in [4.78, 5) is 17.7. The van der Waals surface area contributed by atoms with Crippen molar-refractivity contribution in [1.29, 1.82) is 0 Å². The van der Waals surface area contributed by atoms with Gasteiger partial charge in [0.2, 0.25) is 5.95 Å². The molecule has 1 aliphatic heterocycles. The van der Waals surface area contributed by atoms with Crippen molar-refractivity contribution < 1.29 is 9.18 Å². The molecule has 4 heteroatoms. The van der Waals surface area contributed by atoms with Crippen molar-refractivity contribution in [2.75, 3.05) is 13.1 Å². The first-order valence-corrected chi connectivity index (χ1v) is 7.59. The van der Waals surface area contributed by atoms with Gasteiger partial charge >= 0.3 is 0 Å². The van der Waals surface area contributed by atoms with Crippen LogP contribution in [0.15, 0.2) is 18.3 Å². The number of carbonyl (C=O) groups excluding carboxylic acids is 1. The molecule has 1 spiro atoms. The molecule has 1 aliphatic carbocycles. The second kappa shape index (κ2) is 5.51. The van der Waals surface area contributed by atoms with Crippen molar-refractivity contribution >= 4 is 5.91 Å². The molecule has 1 aromatic heterocycles. The third-order valence-corrected chi connectivity index (χ3v) is 5.00. The fraction of sp³-hybridized carbons (Fsp3) is 0.625. The minimum absolute atomic E-state index is 0.0584. The fourth-order valence-corrected chi connectivity index (χ4v) is 3.70. The molecule has 1 amide bonds. The van der Waals surface area contributed by atoms with Crippen molar-refractivity contribution in [3.8, 4) is 0 Å². The van der Waals surface area contributed by atoms with Crippen LogP contribution in [-0.2, 0) is 0 Å². The highest BCUT2D eigenvalue weighted by Gasteiger charge is 2.36. The summed E-state index contributed by atoms with van der Waals surface area (Å²) in [5, 5.41) is 0. The van der Waals surface area contributed by atoms with E-state index in [1.165, 1.54) is 44.4 Å². The molecule has 1 aromatic rings. The van der Waals surface area contributed by atoms with E-state index in [0.29, 0.717) is 11.0 Å². The van der Waals surface area contributed by atoms with Crippen LogP contribution in [-0.4, -0.2) is 28.9 Å². The lowest BCUT2D eigenvalue weighted by molar-refractivity contribution is 0.0471. The number of halogens is 1. The molecule has 0 aromatic carbocycles. The summed E-state index contributed by atoms with van der Waals surface area (Å²) in [5.74, 6) is -0.645. The van der Waals surface area contributed by atoms with E-state index in [9.17, 15) is 9.18 Å². The first-order valence-electron chi connectivity index (χ1n) is 7.59. The molecule has 3 nitrogen and oxygen atoms in total. The largest absolute Gasteiger partial charge is 0.339 e. The SMILES string of the molecule is O=C(c1ccnc(F)c1)N1CCC2(CCCCC2)CC1. The van der Waals surface area contributed by atoms with Crippen molar-refractivity contribution in [3.05, 3.63) is 29.8 Å². The predicted molar refractivity (Wildman–Crippen MR) is 74.9 cm³/mol. The lowest BCUT2D eigenvalue weighted by atomic mass is 9.68. The van der Waals surface area contributed by atoms with Crippen molar-refractivity contribution in [2.24, 2.45) is 5.41 Å². The average molecular weight is 276 g/mol. The maximum atomic E-state index is 13.1. The number of amides is 1. The Morgan fingerprint density at radius 3 is 2.50 bits per heavy atom. The maximum absolute atomic E-state index is 13.1. The van der Waals surface area contributed by atoms with E-state index >= 15 is 0 Å². The summed E-state index contributed by atoms with van der Waals surface area (Å²) >= 11 is 0. The first-order chi connectivity index (χ1) is 9.69. The zero-order valence-electron chi connectivity index (χ0n) is 11.8. The van der Waals surface area contributed by atoms with Gasteiger partial charge in [-0.1, -0.05) is 19.3 Å². The van der Waals surface area contributed by atoms with Gasteiger partial charge in [0.25, 0.3) is 5.91 Å². The smallest absolute Gasteiger partial charge is 0.254 e. The lowest BCUT2D eigenvalue weighted by Crippen LogP contribution is -2.43. The zero-order valence-corrected chi connectivity index (χ0v) is 11.8. The number of hydrogen-bond donors (Lipinski definition) is 0. The number of carbonyl (C=O) groups is 1. The number of piperidine rings is 1. The summed E-state index contributed by atoms with van der Waals surface area (Å²) in [6.07, 6.45) is 10.2. The molecule has 1 saturated carbocycles. The van der Waals surface area contributed by atoms with Crippen LogP contribution in [0.5, 0.6) is 0 Å². The van der Waals surface area contributed by atoms with Crippen LogP contribution in [0.25, 0.3) is 0 Å². The van der Waals surface area contributed by atoms with Gasteiger partial charge in [0, 0.05) is 30.9 Å². The molecule has 2 aliphatic rings. The molecule has 0 bridgehead atoms. The van der Waals surface area contributed by atoms with Crippen LogP contribution in [0.4, 0.5) is 4.39 Å². The van der Waals surface area contributed by atoms with Crippen LogP contribution < -0.4 is 0 Å². The van der Waals surface area contributed by atoms with Gasteiger partial charge in [0.05, 0.1) is 0 Å². The van der Waals surface area contributed by atoms with E-state index in [1.807, 2.05) is 4.90 Å². The van der Waals surface area contributed by atoms with Crippen LogP contribution in [0, 0.1) is 11.4 Å². The van der Waals surface area contributed by atoms with Crippen LogP contribution in [0.2, 0.25) is 0 Å². The van der Waals surface area contributed by atoms with E-state index in [4.69, 9.17) is 0 Å².